The fourth-order valence-corrected chi connectivity index (χ4v) is 2.46. The number of furan rings is 1. The van der Waals surface area contributed by atoms with Gasteiger partial charge in [0.1, 0.15) is 0 Å². The summed E-state index contributed by atoms with van der Waals surface area (Å²) in [4.78, 5) is 10.6. The summed E-state index contributed by atoms with van der Waals surface area (Å²) in [5.74, 6) is 0.472. The van der Waals surface area contributed by atoms with E-state index >= 15 is 0 Å². The van der Waals surface area contributed by atoms with E-state index in [4.69, 9.17) is 9.52 Å². The number of carboxylic acids is 1. The molecule has 1 saturated carbocycles. The van der Waals surface area contributed by atoms with Crippen molar-refractivity contribution >= 4 is 17.7 Å². The van der Waals surface area contributed by atoms with Crippen LogP contribution in [-0.4, -0.2) is 31.6 Å². The van der Waals surface area contributed by atoms with E-state index < -0.39 is 5.97 Å². The van der Waals surface area contributed by atoms with Crippen molar-refractivity contribution in [3.8, 4) is 11.6 Å². The lowest BCUT2D eigenvalue weighted by Gasteiger charge is -2.05. The van der Waals surface area contributed by atoms with E-state index in [0.29, 0.717) is 22.8 Å². The number of rotatable bonds is 5. The molecule has 7 heteroatoms. The summed E-state index contributed by atoms with van der Waals surface area (Å²) in [6.45, 7) is 0. The average Bonchev–Trinajstić information content (AvgIpc) is 2.90. The maximum absolute atomic E-state index is 10.6. The molecule has 0 saturated heterocycles. The van der Waals surface area contributed by atoms with Crippen molar-refractivity contribution < 1.29 is 14.3 Å². The predicted molar refractivity (Wildman–Crippen MR) is 64.4 cm³/mol. The van der Waals surface area contributed by atoms with Gasteiger partial charge in [0, 0.05) is 6.04 Å². The normalized spacial score (nSPS) is 14.9. The Bertz CT molecular complexity index is 560. The minimum atomic E-state index is -0.857. The minimum absolute atomic E-state index is 0.0109. The number of aliphatic carboxylic acids is 1. The highest BCUT2D eigenvalue weighted by Gasteiger charge is 2.31. The number of aromatic nitrogens is 3. The van der Waals surface area contributed by atoms with Gasteiger partial charge in [0.15, 0.2) is 10.9 Å². The van der Waals surface area contributed by atoms with Gasteiger partial charge in [-0.15, -0.1) is 10.2 Å². The average molecular weight is 265 g/mol. The zero-order chi connectivity index (χ0) is 12.5. The summed E-state index contributed by atoms with van der Waals surface area (Å²) in [5.41, 5.74) is 0. The summed E-state index contributed by atoms with van der Waals surface area (Å²) in [6, 6.07) is 4.00. The Morgan fingerprint density at radius 3 is 3.00 bits per heavy atom. The number of hydrogen-bond acceptors (Lipinski definition) is 5. The lowest BCUT2D eigenvalue weighted by Crippen LogP contribution is -2.03. The van der Waals surface area contributed by atoms with Crippen LogP contribution in [0.3, 0.4) is 0 Å². The summed E-state index contributed by atoms with van der Waals surface area (Å²) in [6.07, 6.45) is 3.74. The molecule has 0 unspecified atom stereocenters. The second kappa shape index (κ2) is 4.49. The minimum Gasteiger partial charge on any atom is -0.481 e. The van der Waals surface area contributed by atoms with Gasteiger partial charge in [-0.3, -0.25) is 9.36 Å². The SMILES string of the molecule is O=C(O)CSc1nnc(-c2ccco2)n1C1CC1. The molecule has 18 heavy (non-hydrogen) atoms. The van der Waals surface area contributed by atoms with Crippen LogP contribution in [0.2, 0.25) is 0 Å². The van der Waals surface area contributed by atoms with Crippen LogP contribution in [0, 0.1) is 0 Å². The van der Waals surface area contributed by atoms with Gasteiger partial charge in [-0.05, 0) is 25.0 Å². The molecule has 2 heterocycles. The Morgan fingerprint density at radius 1 is 1.56 bits per heavy atom. The third-order valence-corrected chi connectivity index (χ3v) is 3.57. The number of thioether (sulfide) groups is 1. The molecule has 6 nitrogen and oxygen atoms in total. The molecule has 94 valence electrons. The maximum atomic E-state index is 10.6. The quantitative estimate of drug-likeness (QED) is 0.833. The molecule has 1 aliphatic rings. The predicted octanol–water partition coefficient (Wildman–Crippen LogP) is 2.05. The molecule has 1 fully saturated rings. The lowest BCUT2D eigenvalue weighted by atomic mass is 10.4. The van der Waals surface area contributed by atoms with E-state index in [1.807, 2.05) is 10.6 Å². The van der Waals surface area contributed by atoms with Crippen LogP contribution < -0.4 is 0 Å². The first-order valence-corrected chi connectivity index (χ1v) is 6.57. The maximum Gasteiger partial charge on any atom is 0.313 e. The van der Waals surface area contributed by atoms with Crippen LogP contribution in [0.5, 0.6) is 0 Å². The number of carboxylic acid groups (broad SMARTS) is 1. The molecule has 0 spiro atoms. The highest BCUT2D eigenvalue weighted by molar-refractivity contribution is 7.99. The fourth-order valence-electron chi connectivity index (χ4n) is 1.74. The number of hydrogen-bond donors (Lipinski definition) is 1. The molecular formula is C11H11N3O3S. The first kappa shape index (κ1) is 11.3. The van der Waals surface area contributed by atoms with Crippen LogP contribution in [0.15, 0.2) is 28.0 Å². The Kier molecular flexibility index (Phi) is 2.83. The van der Waals surface area contributed by atoms with Gasteiger partial charge < -0.3 is 9.52 Å². The Hall–Kier alpha value is -1.76. The van der Waals surface area contributed by atoms with E-state index in [-0.39, 0.29) is 5.75 Å². The third kappa shape index (κ3) is 2.13. The fraction of sp³-hybridized carbons (Fsp3) is 0.364. The molecular weight excluding hydrogens is 254 g/mol. The van der Waals surface area contributed by atoms with Crippen molar-refractivity contribution in [2.75, 3.05) is 5.75 Å². The van der Waals surface area contributed by atoms with Crippen molar-refractivity contribution in [3.63, 3.8) is 0 Å². The van der Waals surface area contributed by atoms with Crippen LogP contribution >= 0.6 is 11.8 Å². The van der Waals surface area contributed by atoms with Crippen molar-refractivity contribution in [3.05, 3.63) is 18.4 Å². The van der Waals surface area contributed by atoms with E-state index in [1.165, 1.54) is 11.8 Å². The van der Waals surface area contributed by atoms with Crippen LogP contribution in [-0.2, 0) is 4.79 Å². The Labute approximate surface area is 107 Å². The largest absolute Gasteiger partial charge is 0.481 e. The zero-order valence-electron chi connectivity index (χ0n) is 9.44. The standard InChI is InChI=1S/C11H11N3O3S/c15-9(16)6-18-11-13-12-10(8-2-1-5-17-8)14(11)7-3-4-7/h1-2,5,7H,3-4,6H2,(H,15,16). The summed E-state index contributed by atoms with van der Waals surface area (Å²) in [7, 11) is 0. The Morgan fingerprint density at radius 2 is 2.39 bits per heavy atom. The molecule has 1 N–H and O–H groups in total. The van der Waals surface area contributed by atoms with Gasteiger partial charge in [0.05, 0.1) is 12.0 Å². The Balaban J connectivity index is 1.93. The summed E-state index contributed by atoms with van der Waals surface area (Å²) < 4.78 is 7.31. The molecule has 3 rings (SSSR count). The molecule has 0 radical (unpaired) electrons. The van der Waals surface area contributed by atoms with Crippen LogP contribution in [0.25, 0.3) is 11.6 Å². The second-order valence-electron chi connectivity index (χ2n) is 4.07. The monoisotopic (exact) mass is 265 g/mol. The van der Waals surface area contributed by atoms with Gasteiger partial charge in [0.25, 0.3) is 0 Å². The van der Waals surface area contributed by atoms with Crippen molar-refractivity contribution in [2.24, 2.45) is 0 Å². The van der Waals surface area contributed by atoms with Crippen LogP contribution in [0.4, 0.5) is 0 Å². The highest BCUT2D eigenvalue weighted by Crippen LogP contribution is 2.41. The first-order chi connectivity index (χ1) is 8.75. The summed E-state index contributed by atoms with van der Waals surface area (Å²) >= 11 is 1.19. The highest BCUT2D eigenvalue weighted by atomic mass is 32.2. The van der Waals surface area contributed by atoms with Gasteiger partial charge in [0.2, 0.25) is 5.82 Å². The molecule has 0 atom stereocenters. The first-order valence-electron chi connectivity index (χ1n) is 5.59. The van der Waals surface area contributed by atoms with Gasteiger partial charge in [-0.2, -0.15) is 0 Å². The van der Waals surface area contributed by atoms with Gasteiger partial charge in [-0.25, -0.2) is 0 Å². The van der Waals surface area contributed by atoms with Gasteiger partial charge in [-0.1, -0.05) is 11.8 Å². The number of nitrogens with zero attached hydrogens (tertiary/aromatic N) is 3. The smallest absolute Gasteiger partial charge is 0.313 e. The topological polar surface area (TPSA) is 81.2 Å². The molecule has 0 aromatic carbocycles. The molecule has 0 amide bonds. The number of carbonyl (C=O) groups is 1. The van der Waals surface area contributed by atoms with Gasteiger partial charge >= 0.3 is 5.97 Å². The van der Waals surface area contributed by atoms with Crippen molar-refractivity contribution in [1.82, 2.24) is 14.8 Å². The van der Waals surface area contributed by atoms with Crippen molar-refractivity contribution in [1.29, 1.82) is 0 Å². The van der Waals surface area contributed by atoms with Crippen molar-refractivity contribution in [2.45, 2.75) is 24.0 Å². The van der Waals surface area contributed by atoms with E-state index in [0.717, 1.165) is 12.8 Å². The second-order valence-corrected chi connectivity index (χ2v) is 5.01. The van der Waals surface area contributed by atoms with E-state index in [1.54, 1.807) is 12.3 Å². The molecule has 0 bridgehead atoms. The van der Waals surface area contributed by atoms with E-state index in [9.17, 15) is 4.79 Å². The molecule has 1 aliphatic carbocycles. The zero-order valence-corrected chi connectivity index (χ0v) is 10.3. The molecule has 2 aromatic heterocycles. The molecule has 0 aliphatic heterocycles. The third-order valence-electron chi connectivity index (χ3n) is 2.64. The van der Waals surface area contributed by atoms with Crippen LogP contribution in [0.1, 0.15) is 18.9 Å². The lowest BCUT2D eigenvalue weighted by molar-refractivity contribution is -0.133. The molecule has 2 aromatic rings. The van der Waals surface area contributed by atoms with E-state index in [2.05, 4.69) is 10.2 Å². The summed E-state index contributed by atoms with van der Waals surface area (Å²) in [5, 5.41) is 17.5.